The summed E-state index contributed by atoms with van der Waals surface area (Å²) in [5.41, 5.74) is 1.26. The Hall–Kier alpha value is -3.32. The summed E-state index contributed by atoms with van der Waals surface area (Å²) >= 11 is 0. The molecule has 0 amide bonds. The third-order valence-electron chi connectivity index (χ3n) is 4.83. The first-order chi connectivity index (χ1) is 15.1. The highest BCUT2D eigenvalue weighted by Crippen LogP contribution is 2.32. The van der Waals surface area contributed by atoms with Crippen molar-refractivity contribution >= 4 is 38.1 Å². The molecule has 0 aliphatic carbocycles. The summed E-state index contributed by atoms with van der Waals surface area (Å²) in [5, 5.41) is 0. The van der Waals surface area contributed by atoms with E-state index in [0.29, 0.717) is 23.7 Å². The molecule has 1 atom stereocenters. The van der Waals surface area contributed by atoms with Crippen molar-refractivity contribution in [3.05, 3.63) is 78.5 Å². The molecule has 166 valence electrons. The Balaban J connectivity index is 1.74. The molecule has 3 aromatic rings. The molecule has 1 aromatic heterocycles. The van der Waals surface area contributed by atoms with Crippen LogP contribution in [-0.2, 0) is 20.2 Å². The van der Waals surface area contributed by atoms with E-state index in [1.165, 1.54) is 24.3 Å². The van der Waals surface area contributed by atoms with E-state index < -0.39 is 26.4 Å². The Bertz CT molecular complexity index is 1340. The molecule has 0 fully saturated rings. The Morgan fingerprint density at radius 2 is 1.41 bits per heavy atom. The molecule has 10 nitrogen and oxygen atoms in total. The lowest BCUT2D eigenvalue weighted by Gasteiger charge is -2.38. The number of rotatable bonds is 5. The SMILES string of the molecule is O=S(=O)(O)c1ccc(C2N=CN(c3ccccn3)CN2c2ccc(S(=O)(=O)O)cc2)cc1. The fourth-order valence-electron chi connectivity index (χ4n) is 3.27. The van der Waals surface area contributed by atoms with Crippen molar-refractivity contribution in [2.45, 2.75) is 16.0 Å². The van der Waals surface area contributed by atoms with Gasteiger partial charge in [0.25, 0.3) is 20.2 Å². The summed E-state index contributed by atoms with van der Waals surface area (Å²) in [4.78, 5) is 12.1. The van der Waals surface area contributed by atoms with Crippen molar-refractivity contribution in [3.8, 4) is 0 Å². The van der Waals surface area contributed by atoms with Crippen molar-refractivity contribution in [1.29, 1.82) is 0 Å². The number of benzene rings is 2. The molecule has 0 radical (unpaired) electrons. The molecule has 32 heavy (non-hydrogen) atoms. The molecule has 1 unspecified atom stereocenters. The van der Waals surface area contributed by atoms with Crippen molar-refractivity contribution < 1.29 is 25.9 Å². The summed E-state index contributed by atoms with van der Waals surface area (Å²) < 4.78 is 64.0. The van der Waals surface area contributed by atoms with Gasteiger partial charge in [0.15, 0.2) is 0 Å². The fraction of sp³-hybridized carbons (Fsp3) is 0.100. The van der Waals surface area contributed by atoms with Crippen molar-refractivity contribution in [2.24, 2.45) is 4.99 Å². The maximum atomic E-state index is 11.4. The third kappa shape index (κ3) is 4.62. The van der Waals surface area contributed by atoms with Crippen LogP contribution >= 0.6 is 0 Å². The lowest BCUT2D eigenvalue weighted by molar-refractivity contribution is 0.481. The van der Waals surface area contributed by atoms with Gasteiger partial charge in [-0.05, 0) is 54.1 Å². The molecular weight excluding hydrogens is 456 g/mol. The summed E-state index contributed by atoms with van der Waals surface area (Å²) in [5.74, 6) is 0.649. The monoisotopic (exact) mass is 474 g/mol. The normalized spacial score (nSPS) is 16.9. The van der Waals surface area contributed by atoms with Crippen LogP contribution in [0.3, 0.4) is 0 Å². The first-order valence-corrected chi connectivity index (χ1v) is 12.1. The summed E-state index contributed by atoms with van der Waals surface area (Å²) in [6.07, 6.45) is 2.70. The standard InChI is InChI=1S/C20H18N4O6S2/c25-31(26,27)17-8-4-15(5-9-17)20-22-13-23(19-3-1-2-12-21-19)14-24(20)16-6-10-18(11-7-16)32(28,29)30/h1-13,20H,14H2,(H,25,26,27)(H,28,29,30). The van der Waals surface area contributed by atoms with Gasteiger partial charge in [0.1, 0.15) is 12.0 Å². The highest BCUT2D eigenvalue weighted by atomic mass is 32.2. The van der Waals surface area contributed by atoms with Gasteiger partial charge in [-0.15, -0.1) is 0 Å². The van der Waals surface area contributed by atoms with Crippen LogP contribution in [0, 0.1) is 0 Å². The van der Waals surface area contributed by atoms with E-state index in [0.717, 1.165) is 0 Å². The Morgan fingerprint density at radius 3 is 1.94 bits per heavy atom. The third-order valence-corrected chi connectivity index (χ3v) is 6.57. The number of nitrogens with zero attached hydrogens (tertiary/aromatic N) is 4. The summed E-state index contributed by atoms with van der Waals surface area (Å²) in [7, 11) is -8.67. The molecule has 0 saturated carbocycles. The molecule has 2 heterocycles. The van der Waals surface area contributed by atoms with Crippen LogP contribution < -0.4 is 9.80 Å². The van der Waals surface area contributed by atoms with Gasteiger partial charge in [-0.2, -0.15) is 16.8 Å². The van der Waals surface area contributed by atoms with E-state index in [1.54, 1.807) is 47.8 Å². The zero-order valence-electron chi connectivity index (χ0n) is 16.4. The van der Waals surface area contributed by atoms with E-state index >= 15 is 0 Å². The number of hydrogen-bond acceptors (Lipinski definition) is 8. The molecule has 2 aromatic carbocycles. The van der Waals surface area contributed by atoms with E-state index in [9.17, 15) is 25.9 Å². The van der Waals surface area contributed by atoms with Gasteiger partial charge < -0.3 is 4.90 Å². The molecule has 0 bridgehead atoms. The van der Waals surface area contributed by atoms with E-state index in [4.69, 9.17) is 0 Å². The van der Waals surface area contributed by atoms with Crippen LogP contribution in [0.25, 0.3) is 0 Å². The van der Waals surface area contributed by atoms with Crippen molar-refractivity contribution in [1.82, 2.24) is 4.98 Å². The van der Waals surface area contributed by atoms with Gasteiger partial charge >= 0.3 is 0 Å². The highest BCUT2D eigenvalue weighted by molar-refractivity contribution is 7.86. The lowest BCUT2D eigenvalue weighted by atomic mass is 10.1. The Kier molecular flexibility index (Phi) is 5.69. The quantitative estimate of drug-likeness (QED) is 0.534. The average molecular weight is 475 g/mol. The van der Waals surface area contributed by atoms with Crippen molar-refractivity contribution in [2.75, 3.05) is 16.5 Å². The van der Waals surface area contributed by atoms with E-state index in [2.05, 4.69) is 9.98 Å². The van der Waals surface area contributed by atoms with Gasteiger partial charge in [-0.3, -0.25) is 14.0 Å². The van der Waals surface area contributed by atoms with Gasteiger partial charge in [0, 0.05) is 11.9 Å². The van der Waals surface area contributed by atoms with Gasteiger partial charge in [0.2, 0.25) is 0 Å². The minimum atomic E-state index is -4.34. The lowest BCUT2D eigenvalue weighted by Crippen LogP contribution is -2.43. The van der Waals surface area contributed by atoms with Crippen LogP contribution in [0.4, 0.5) is 11.5 Å². The maximum absolute atomic E-state index is 11.4. The summed E-state index contributed by atoms with van der Waals surface area (Å²) in [6, 6.07) is 16.7. The Labute approximate surface area is 185 Å². The molecule has 0 spiro atoms. The minimum Gasteiger partial charge on any atom is -0.327 e. The number of aliphatic imine (C=N–C) groups is 1. The molecule has 1 aliphatic rings. The first kappa shape index (κ1) is 21.9. The van der Waals surface area contributed by atoms with E-state index in [1.807, 2.05) is 17.0 Å². The second-order valence-electron chi connectivity index (χ2n) is 6.92. The molecular formula is C20H18N4O6S2. The van der Waals surface area contributed by atoms with Crippen LogP contribution in [0.1, 0.15) is 11.7 Å². The molecule has 1 aliphatic heterocycles. The smallest absolute Gasteiger partial charge is 0.294 e. The number of hydrogen-bond donors (Lipinski definition) is 2. The molecule has 2 N–H and O–H groups in total. The maximum Gasteiger partial charge on any atom is 0.294 e. The zero-order valence-corrected chi connectivity index (χ0v) is 18.1. The number of aromatic nitrogens is 1. The van der Waals surface area contributed by atoms with Crippen LogP contribution in [0.15, 0.2) is 87.7 Å². The van der Waals surface area contributed by atoms with Crippen LogP contribution in [0.2, 0.25) is 0 Å². The van der Waals surface area contributed by atoms with Gasteiger partial charge in [-0.1, -0.05) is 18.2 Å². The van der Waals surface area contributed by atoms with Crippen LogP contribution in [0.5, 0.6) is 0 Å². The number of anilines is 2. The predicted octanol–water partition coefficient (Wildman–Crippen LogP) is 2.59. The van der Waals surface area contributed by atoms with Gasteiger partial charge in [0.05, 0.1) is 22.8 Å². The second-order valence-corrected chi connectivity index (χ2v) is 9.76. The van der Waals surface area contributed by atoms with E-state index in [-0.39, 0.29) is 9.79 Å². The topological polar surface area (TPSA) is 140 Å². The van der Waals surface area contributed by atoms with Crippen molar-refractivity contribution in [3.63, 3.8) is 0 Å². The van der Waals surface area contributed by atoms with Gasteiger partial charge in [-0.25, -0.2) is 9.98 Å². The Morgan fingerprint density at radius 1 is 0.812 bits per heavy atom. The minimum absolute atomic E-state index is 0.236. The molecule has 12 heteroatoms. The largest absolute Gasteiger partial charge is 0.327 e. The highest BCUT2D eigenvalue weighted by Gasteiger charge is 2.27. The number of pyridine rings is 1. The predicted molar refractivity (Wildman–Crippen MR) is 118 cm³/mol. The van der Waals surface area contributed by atoms with Crippen LogP contribution in [-0.4, -0.2) is 43.9 Å². The summed E-state index contributed by atoms with van der Waals surface area (Å²) in [6.45, 7) is 0.302. The molecule has 0 saturated heterocycles. The average Bonchev–Trinajstić information content (AvgIpc) is 2.78. The first-order valence-electron chi connectivity index (χ1n) is 9.25. The zero-order chi connectivity index (χ0) is 22.9. The molecule has 4 rings (SSSR count). The fourth-order valence-corrected chi connectivity index (χ4v) is 4.23. The second kappa shape index (κ2) is 8.31.